The fourth-order valence-electron chi connectivity index (χ4n) is 7.90. The van der Waals surface area contributed by atoms with Crippen LogP contribution in [0.15, 0.2) is 167 Å². The van der Waals surface area contributed by atoms with E-state index in [-0.39, 0.29) is 5.43 Å². The largest absolute Gasteiger partial charge is 0.457 e. The molecule has 0 radical (unpaired) electrons. The molecule has 0 saturated heterocycles. The fraction of sp³-hybridized carbons (Fsp3) is 0.0227. The van der Waals surface area contributed by atoms with Crippen molar-refractivity contribution in [3.8, 4) is 44.9 Å². The quantitative estimate of drug-likeness (QED) is 0.185. The van der Waals surface area contributed by atoms with E-state index in [4.69, 9.17) is 9.15 Å². The highest BCUT2D eigenvalue weighted by Crippen LogP contribution is 2.62. The van der Waals surface area contributed by atoms with Crippen LogP contribution >= 0.6 is 0 Å². The van der Waals surface area contributed by atoms with Crippen molar-refractivity contribution in [3.63, 3.8) is 0 Å². The molecule has 2 aliphatic rings. The zero-order valence-corrected chi connectivity index (χ0v) is 25.2. The second-order valence-electron chi connectivity index (χ2n) is 12.4. The summed E-state index contributed by atoms with van der Waals surface area (Å²) in [5.74, 6) is 1.79. The van der Waals surface area contributed by atoms with Gasteiger partial charge in [-0.15, -0.1) is 0 Å². The molecule has 0 atom stereocenters. The number of rotatable bonds is 2. The highest BCUT2D eigenvalue weighted by molar-refractivity contribution is 5.93. The third kappa shape index (κ3) is 3.60. The average Bonchev–Trinajstić information content (AvgIpc) is 3.42. The lowest BCUT2D eigenvalue weighted by Gasteiger charge is -2.39. The van der Waals surface area contributed by atoms with E-state index in [0.29, 0.717) is 21.9 Å². The third-order valence-corrected chi connectivity index (χ3v) is 9.95. The van der Waals surface area contributed by atoms with Crippen molar-refractivity contribution in [1.82, 2.24) is 0 Å². The lowest BCUT2D eigenvalue weighted by molar-refractivity contribution is 0.436. The van der Waals surface area contributed by atoms with Gasteiger partial charge in [-0.1, -0.05) is 109 Å². The highest BCUT2D eigenvalue weighted by atomic mass is 16.5. The first-order valence-electron chi connectivity index (χ1n) is 15.9. The standard InChI is InChI=1S/C44H26O3/c45-43-32-13-2-6-17-39(32)46-42-26-30(20-22-33(42)43)28-11-9-10-27(24-28)29-21-23-36-34(25-29)31-12-1-3-14-35(31)44(36)37-15-4-7-18-40(37)47-41-19-8-5-16-38(41)44/h1-26H. The Kier molecular flexibility index (Phi) is 5.35. The number of ether oxygens (including phenoxy) is 1. The van der Waals surface area contributed by atoms with Gasteiger partial charge in [0.2, 0.25) is 5.43 Å². The molecule has 3 heteroatoms. The van der Waals surface area contributed by atoms with Crippen molar-refractivity contribution in [1.29, 1.82) is 0 Å². The topological polar surface area (TPSA) is 39.4 Å². The van der Waals surface area contributed by atoms with E-state index in [0.717, 1.165) is 44.9 Å². The maximum atomic E-state index is 13.1. The Labute approximate surface area is 271 Å². The number of hydrogen-bond donors (Lipinski definition) is 0. The second kappa shape index (κ2) is 9.65. The first-order chi connectivity index (χ1) is 23.2. The Morgan fingerprint density at radius 3 is 1.77 bits per heavy atom. The summed E-state index contributed by atoms with van der Waals surface area (Å²) >= 11 is 0. The molecule has 0 amide bonds. The minimum Gasteiger partial charge on any atom is -0.457 e. The molecule has 0 N–H and O–H groups in total. The van der Waals surface area contributed by atoms with Gasteiger partial charge in [0.05, 0.1) is 16.2 Å². The molecule has 2 heterocycles. The maximum Gasteiger partial charge on any atom is 0.200 e. The number of para-hydroxylation sites is 3. The summed E-state index contributed by atoms with van der Waals surface area (Å²) in [5.41, 5.74) is 12.4. The van der Waals surface area contributed by atoms with E-state index in [2.05, 4.69) is 103 Å². The van der Waals surface area contributed by atoms with Gasteiger partial charge in [0.15, 0.2) is 0 Å². The van der Waals surface area contributed by atoms with Gasteiger partial charge in [0.1, 0.15) is 22.7 Å². The Hall–Kier alpha value is -6.19. The Balaban J connectivity index is 1.14. The molecule has 1 spiro atoms. The minimum atomic E-state index is -0.475. The molecule has 3 nitrogen and oxygen atoms in total. The molecule has 220 valence electrons. The predicted molar refractivity (Wildman–Crippen MR) is 188 cm³/mol. The molecule has 8 aromatic rings. The summed E-state index contributed by atoms with van der Waals surface area (Å²) < 4.78 is 12.7. The number of benzene rings is 7. The number of fused-ring (bicyclic) bond motifs is 11. The lowest BCUT2D eigenvalue weighted by atomic mass is 9.66. The van der Waals surface area contributed by atoms with Gasteiger partial charge in [-0.25, -0.2) is 0 Å². The van der Waals surface area contributed by atoms with Crippen LogP contribution in [-0.4, -0.2) is 0 Å². The number of hydrogen-bond acceptors (Lipinski definition) is 3. The highest BCUT2D eigenvalue weighted by Gasteiger charge is 2.50. The molecule has 0 saturated carbocycles. The second-order valence-corrected chi connectivity index (χ2v) is 12.4. The van der Waals surface area contributed by atoms with Gasteiger partial charge in [-0.3, -0.25) is 4.79 Å². The minimum absolute atomic E-state index is 0.00637. The molecule has 7 aromatic carbocycles. The van der Waals surface area contributed by atoms with Crippen LogP contribution in [-0.2, 0) is 5.41 Å². The van der Waals surface area contributed by atoms with Crippen molar-refractivity contribution in [2.75, 3.05) is 0 Å². The SMILES string of the molecule is O=c1c2ccccc2oc2cc(-c3cccc(-c4ccc5c(c4)-c4ccccc4C54c5ccccc5Oc5ccccc54)c3)ccc12. The fourth-order valence-corrected chi connectivity index (χ4v) is 7.90. The molecular weight excluding hydrogens is 576 g/mol. The Morgan fingerprint density at radius 2 is 0.979 bits per heavy atom. The van der Waals surface area contributed by atoms with Gasteiger partial charge in [0, 0.05) is 11.1 Å². The Morgan fingerprint density at radius 1 is 0.404 bits per heavy atom. The average molecular weight is 603 g/mol. The van der Waals surface area contributed by atoms with Crippen LogP contribution in [0.5, 0.6) is 11.5 Å². The van der Waals surface area contributed by atoms with Gasteiger partial charge in [-0.05, 0) is 93.0 Å². The summed E-state index contributed by atoms with van der Waals surface area (Å²) in [6.07, 6.45) is 0. The predicted octanol–water partition coefficient (Wildman–Crippen LogP) is 10.7. The first-order valence-corrected chi connectivity index (χ1v) is 15.9. The van der Waals surface area contributed by atoms with Crippen LogP contribution in [0, 0.1) is 0 Å². The van der Waals surface area contributed by atoms with Crippen LogP contribution in [0.1, 0.15) is 22.3 Å². The third-order valence-electron chi connectivity index (χ3n) is 9.95. The van der Waals surface area contributed by atoms with Crippen LogP contribution in [0.3, 0.4) is 0 Å². The molecule has 0 unspecified atom stereocenters. The molecule has 1 aromatic heterocycles. The van der Waals surface area contributed by atoms with Gasteiger partial charge in [-0.2, -0.15) is 0 Å². The van der Waals surface area contributed by atoms with E-state index >= 15 is 0 Å². The van der Waals surface area contributed by atoms with E-state index in [1.165, 1.54) is 22.3 Å². The monoisotopic (exact) mass is 602 g/mol. The molecule has 0 fully saturated rings. The van der Waals surface area contributed by atoms with Crippen molar-refractivity contribution in [2.45, 2.75) is 5.41 Å². The van der Waals surface area contributed by atoms with Crippen LogP contribution in [0.4, 0.5) is 0 Å². The summed E-state index contributed by atoms with van der Waals surface area (Å²) in [6.45, 7) is 0. The zero-order chi connectivity index (χ0) is 31.1. The maximum absolute atomic E-state index is 13.1. The summed E-state index contributed by atoms with van der Waals surface area (Å²) in [6, 6.07) is 54.5. The van der Waals surface area contributed by atoms with Crippen molar-refractivity contribution >= 4 is 21.9 Å². The van der Waals surface area contributed by atoms with Crippen molar-refractivity contribution < 1.29 is 9.15 Å². The van der Waals surface area contributed by atoms with E-state index in [9.17, 15) is 4.79 Å². The summed E-state index contributed by atoms with van der Waals surface area (Å²) in [7, 11) is 0. The molecule has 1 aliphatic heterocycles. The molecule has 47 heavy (non-hydrogen) atoms. The van der Waals surface area contributed by atoms with Crippen LogP contribution in [0.2, 0.25) is 0 Å². The van der Waals surface area contributed by atoms with E-state index < -0.39 is 5.41 Å². The summed E-state index contributed by atoms with van der Waals surface area (Å²) in [5, 5.41) is 1.19. The van der Waals surface area contributed by atoms with Gasteiger partial charge < -0.3 is 9.15 Å². The first kappa shape index (κ1) is 26.1. The molecule has 0 bridgehead atoms. The van der Waals surface area contributed by atoms with Crippen molar-refractivity contribution in [3.05, 3.63) is 190 Å². The van der Waals surface area contributed by atoms with E-state index in [1.807, 2.05) is 54.6 Å². The lowest BCUT2D eigenvalue weighted by Crippen LogP contribution is -2.32. The molecule has 10 rings (SSSR count). The Bertz CT molecular complexity index is 2600. The smallest absolute Gasteiger partial charge is 0.200 e. The van der Waals surface area contributed by atoms with E-state index in [1.54, 1.807) is 0 Å². The van der Waals surface area contributed by atoms with Crippen LogP contribution < -0.4 is 10.2 Å². The van der Waals surface area contributed by atoms with Gasteiger partial charge >= 0.3 is 0 Å². The molecule has 1 aliphatic carbocycles. The molecular formula is C44H26O3. The van der Waals surface area contributed by atoms with Crippen molar-refractivity contribution in [2.24, 2.45) is 0 Å². The summed E-state index contributed by atoms with van der Waals surface area (Å²) in [4.78, 5) is 13.1. The van der Waals surface area contributed by atoms with Gasteiger partial charge in [0.25, 0.3) is 0 Å². The van der Waals surface area contributed by atoms with Crippen LogP contribution in [0.25, 0.3) is 55.3 Å². The zero-order valence-electron chi connectivity index (χ0n) is 25.2. The normalized spacial score (nSPS) is 13.5.